The van der Waals surface area contributed by atoms with Crippen molar-refractivity contribution >= 4 is 21.1 Å². The molecule has 0 radical (unpaired) electrons. The van der Waals surface area contributed by atoms with Crippen molar-refractivity contribution in [2.75, 3.05) is 0 Å². The summed E-state index contributed by atoms with van der Waals surface area (Å²) in [5.74, 6) is -1.01. The highest BCUT2D eigenvalue weighted by atomic mass is 32.2. The highest BCUT2D eigenvalue weighted by molar-refractivity contribution is 7.87. The van der Waals surface area contributed by atoms with Gasteiger partial charge in [-0.2, -0.15) is 8.42 Å². The molecule has 0 saturated carbocycles. The summed E-state index contributed by atoms with van der Waals surface area (Å²) in [7, 11) is -4.37. The fourth-order valence-corrected chi connectivity index (χ4v) is 3.80. The number of halogens is 1. The van der Waals surface area contributed by atoms with E-state index < -0.39 is 20.8 Å². The van der Waals surface area contributed by atoms with Crippen LogP contribution in [0.3, 0.4) is 0 Å². The largest absolute Gasteiger partial charge is 0.463 e. The lowest BCUT2D eigenvalue weighted by Crippen LogP contribution is -2.12. The van der Waals surface area contributed by atoms with E-state index in [4.69, 9.17) is 8.60 Å². The molecule has 3 aromatic carbocycles. The van der Waals surface area contributed by atoms with E-state index in [0.29, 0.717) is 11.1 Å². The minimum atomic E-state index is -4.37. The Morgan fingerprint density at radius 3 is 2.36 bits per heavy atom. The van der Waals surface area contributed by atoms with Crippen LogP contribution in [-0.2, 0) is 10.1 Å². The Labute approximate surface area is 159 Å². The van der Waals surface area contributed by atoms with Crippen LogP contribution in [0.5, 0.6) is 5.75 Å². The monoisotopic (exact) mass is 396 g/mol. The summed E-state index contributed by atoms with van der Waals surface area (Å²) in [5, 5.41) is 0.275. The van der Waals surface area contributed by atoms with Gasteiger partial charge in [-0.15, -0.1) is 0 Å². The van der Waals surface area contributed by atoms with Crippen molar-refractivity contribution < 1.29 is 21.4 Å². The highest BCUT2D eigenvalue weighted by Gasteiger charge is 2.21. The van der Waals surface area contributed by atoms with E-state index in [9.17, 15) is 17.6 Å². The Hall–Kier alpha value is -3.45. The molecule has 0 N–H and O–H groups in total. The van der Waals surface area contributed by atoms with Gasteiger partial charge in [0.1, 0.15) is 28.3 Å². The topological polar surface area (TPSA) is 73.6 Å². The summed E-state index contributed by atoms with van der Waals surface area (Å²) < 4.78 is 48.9. The molecule has 5 nitrogen and oxygen atoms in total. The van der Waals surface area contributed by atoms with Gasteiger partial charge in [-0.3, -0.25) is 4.79 Å². The molecule has 1 heterocycles. The quantitative estimate of drug-likeness (QED) is 0.479. The predicted octanol–water partition coefficient (Wildman–Crippen LogP) is 4.37. The average Bonchev–Trinajstić information content (AvgIpc) is 2.69. The van der Waals surface area contributed by atoms with E-state index >= 15 is 0 Å². The second-order valence-electron chi connectivity index (χ2n) is 5.97. The van der Waals surface area contributed by atoms with Gasteiger partial charge in [-0.1, -0.05) is 42.5 Å². The molecule has 0 aliphatic rings. The van der Waals surface area contributed by atoms with Crippen molar-refractivity contribution in [2.45, 2.75) is 4.90 Å². The van der Waals surface area contributed by atoms with Gasteiger partial charge in [-0.05, 0) is 29.8 Å². The number of rotatable bonds is 4. The summed E-state index contributed by atoms with van der Waals surface area (Å²) in [5.41, 5.74) is 1.00. The molecule has 0 unspecified atom stereocenters. The molecule has 0 spiro atoms. The van der Waals surface area contributed by atoms with Gasteiger partial charge in [0.2, 0.25) is 0 Å². The van der Waals surface area contributed by atoms with E-state index in [1.165, 1.54) is 36.6 Å². The molecule has 0 atom stereocenters. The van der Waals surface area contributed by atoms with Crippen LogP contribution in [0, 0.1) is 5.82 Å². The van der Waals surface area contributed by atoms with E-state index in [-0.39, 0.29) is 22.1 Å². The van der Waals surface area contributed by atoms with Crippen LogP contribution in [0.4, 0.5) is 4.39 Å². The van der Waals surface area contributed by atoms with Crippen molar-refractivity contribution in [1.82, 2.24) is 0 Å². The van der Waals surface area contributed by atoms with Crippen LogP contribution >= 0.6 is 0 Å². The Balaban J connectivity index is 1.73. The molecule has 140 valence electrons. The number of benzene rings is 3. The third-order valence-corrected chi connectivity index (χ3v) is 5.42. The standard InChI is InChI=1S/C21H13FO5S/c22-18-8-4-5-9-20(18)28(24,25)27-15-10-11-16-19(12-15)26-13-17(21(16)23)14-6-2-1-3-7-14/h1-13H. The second-order valence-corrected chi connectivity index (χ2v) is 7.49. The fourth-order valence-electron chi connectivity index (χ4n) is 2.80. The molecule has 7 heteroatoms. The van der Waals surface area contributed by atoms with Crippen LogP contribution in [0.15, 0.2) is 93.2 Å². The second kappa shape index (κ2) is 6.94. The minimum absolute atomic E-state index is 0.0913. The zero-order valence-corrected chi connectivity index (χ0v) is 15.1. The van der Waals surface area contributed by atoms with Gasteiger partial charge < -0.3 is 8.60 Å². The first-order chi connectivity index (χ1) is 13.5. The summed E-state index contributed by atoms with van der Waals surface area (Å²) in [6, 6.07) is 18.0. The molecular weight excluding hydrogens is 383 g/mol. The Morgan fingerprint density at radius 2 is 1.61 bits per heavy atom. The van der Waals surface area contributed by atoms with Gasteiger partial charge in [0.15, 0.2) is 5.43 Å². The van der Waals surface area contributed by atoms with Crippen molar-refractivity contribution in [3.05, 3.63) is 95.1 Å². The molecule has 4 rings (SSSR count). The summed E-state index contributed by atoms with van der Waals surface area (Å²) in [6.45, 7) is 0. The van der Waals surface area contributed by atoms with Crippen LogP contribution in [0.25, 0.3) is 22.1 Å². The van der Waals surface area contributed by atoms with Crippen molar-refractivity contribution in [1.29, 1.82) is 0 Å². The first-order valence-electron chi connectivity index (χ1n) is 8.26. The lowest BCUT2D eigenvalue weighted by Gasteiger charge is -2.08. The molecule has 0 bridgehead atoms. The Kier molecular flexibility index (Phi) is 4.44. The molecule has 0 aliphatic heterocycles. The third-order valence-electron chi connectivity index (χ3n) is 4.14. The molecule has 1 aromatic heterocycles. The molecule has 0 aliphatic carbocycles. The smallest absolute Gasteiger partial charge is 0.342 e. The van der Waals surface area contributed by atoms with E-state index in [0.717, 1.165) is 12.1 Å². The van der Waals surface area contributed by atoms with Gasteiger partial charge in [0.25, 0.3) is 0 Å². The molecule has 28 heavy (non-hydrogen) atoms. The SMILES string of the molecule is O=c1c(-c2ccccc2)coc2cc(OS(=O)(=O)c3ccccc3F)ccc12. The molecule has 4 aromatic rings. The summed E-state index contributed by atoms with van der Waals surface area (Å²) >= 11 is 0. The van der Waals surface area contributed by atoms with Crippen LogP contribution < -0.4 is 9.61 Å². The maximum atomic E-state index is 13.8. The van der Waals surface area contributed by atoms with Crippen LogP contribution in [0.2, 0.25) is 0 Å². The Morgan fingerprint density at radius 1 is 0.893 bits per heavy atom. The lowest BCUT2D eigenvalue weighted by atomic mass is 10.1. The van der Waals surface area contributed by atoms with E-state index in [2.05, 4.69) is 0 Å². The number of hydrogen-bond donors (Lipinski definition) is 0. The van der Waals surface area contributed by atoms with Gasteiger partial charge in [0, 0.05) is 6.07 Å². The fraction of sp³-hybridized carbons (Fsp3) is 0. The molecule has 0 amide bonds. The first-order valence-corrected chi connectivity index (χ1v) is 9.66. The minimum Gasteiger partial charge on any atom is -0.463 e. The van der Waals surface area contributed by atoms with Crippen molar-refractivity contribution in [3.8, 4) is 16.9 Å². The van der Waals surface area contributed by atoms with Crippen LogP contribution in [-0.4, -0.2) is 8.42 Å². The molecule has 0 fully saturated rings. The first kappa shape index (κ1) is 17.9. The van der Waals surface area contributed by atoms with E-state index in [1.807, 2.05) is 18.2 Å². The Bertz CT molecular complexity index is 1330. The number of hydrogen-bond acceptors (Lipinski definition) is 5. The average molecular weight is 396 g/mol. The molecule has 0 saturated heterocycles. The zero-order valence-electron chi connectivity index (χ0n) is 14.3. The van der Waals surface area contributed by atoms with E-state index in [1.54, 1.807) is 12.1 Å². The lowest BCUT2D eigenvalue weighted by molar-refractivity contribution is 0.476. The summed E-state index contributed by atoms with van der Waals surface area (Å²) in [6.07, 6.45) is 1.31. The number of fused-ring (bicyclic) bond motifs is 1. The predicted molar refractivity (Wildman–Crippen MR) is 102 cm³/mol. The van der Waals surface area contributed by atoms with Gasteiger partial charge in [-0.25, -0.2) is 4.39 Å². The normalized spacial score (nSPS) is 11.5. The third kappa shape index (κ3) is 3.27. The van der Waals surface area contributed by atoms with Gasteiger partial charge >= 0.3 is 10.1 Å². The maximum absolute atomic E-state index is 13.8. The molecular formula is C21H13FO5S. The summed E-state index contributed by atoms with van der Waals surface area (Å²) in [4.78, 5) is 12.1. The van der Waals surface area contributed by atoms with Crippen molar-refractivity contribution in [3.63, 3.8) is 0 Å². The maximum Gasteiger partial charge on any atom is 0.342 e. The zero-order chi connectivity index (χ0) is 19.7. The van der Waals surface area contributed by atoms with Crippen LogP contribution in [0.1, 0.15) is 0 Å². The van der Waals surface area contributed by atoms with Crippen molar-refractivity contribution in [2.24, 2.45) is 0 Å². The van der Waals surface area contributed by atoms with Gasteiger partial charge in [0.05, 0.1) is 10.9 Å². The highest BCUT2D eigenvalue weighted by Crippen LogP contribution is 2.26.